The number of aldehydes is 1. The molecule has 7 heteroatoms. The smallest absolute Gasteiger partial charge is 0.303 e. The van der Waals surface area contributed by atoms with Crippen molar-refractivity contribution in [3.8, 4) is 0 Å². The summed E-state index contributed by atoms with van der Waals surface area (Å²) in [7, 11) is 0. The topological polar surface area (TPSA) is 102 Å². The highest BCUT2D eigenvalue weighted by Crippen LogP contribution is 2.18. The first-order valence-electron chi connectivity index (χ1n) is 15.7. The van der Waals surface area contributed by atoms with Crippen LogP contribution in [0.5, 0.6) is 0 Å². The van der Waals surface area contributed by atoms with Gasteiger partial charge in [-0.1, -0.05) is 134 Å². The van der Waals surface area contributed by atoms with E-state index in [1.54, 1.807) is 0 Å². The van der Waals surface area contributed by atoms with E-state index in [0.717, 1.165) is 24.8 Å². The van der Waals surface area contributed by atoms with E-state index in [9.17, 15) is 19.8 Å². The summed E-state index contributed by atoms with van der Waals surface area (Å²) in [4.78, 5) is 23.3. The Labute approximate surface area is 243 Å². The minimum atomic E-state index is -1.43. The second-order valence-corrected chi connectivity index (χ2v) is 10.9. The summed E-state index contributed by atoms with van der Waals surface area (Å²) < 4.78 is 16.7. The van der Waals surface area contributed by atoms with E-state index in [-0.39, 0.29) is 6.61 Å². The van der Waals surface area contributed by atoms with E-state index in [0.29, 0.717) is 12.9 Å². The Kier molecular flexibility index (Phi) is 22.6. The first kappa shape index (κ1) is 36.2. The van der Waals surface area contributed by atoms with Gasteiger partial charge in [0.2, 0.25) is 0 Å². The maximum atomic E-state index is 11.9. The predicted octanol–water partition coefficient (Wildman–Crippen LogP) is 6.70. The number of ether oxygens (including phenoxy) is 3. The number of unbranched alkanes of at least 4 members (excludes halogenated alkanes) is 15. The van der Waals surface area contributed by atoms with E-state index in [1.165, 1.54) is 90.4 Å². The molecular formula is C33H56O7. The molecule has 1 aromatic carbocycles. The lowest BCUT2D eigenvalue weighted by molar-refractivity contribution is -0.180. The summed E-state index contributed by atoms with van der Waals surface area (Å²) in [5.74, 6) is -0.642. The van der Waals surface area contributed by atoms with Gasteiger partial charge in [-0.25, -0.2) is 0 Å². The van der Waals surface area contributed by atoms with Crippen LogP contribution >= 0.6 is 0 Å². The number of hydrogen-bond acceptors (Lipinski definition) is 7. The Morgan fingerprint density at radius 3 is 1.75 bits per heavy atom. The number of carbonyl (C=O) groups is 2. The fourth-order valence-corrected chi connectivity index (χ4v) is 4.88. The highest BCUT2D eigenvalue weighted by atomic mass is 16.6. The van der Waals surface area contributed by atoms with E-state index < -0.39 is 37.0 Å². The highest BCUT2D eigenvalue weighted by molar-refractivity contribution is 5.66. The zero-order valence-electron chi connectivity index (χ0n) is 25.1. The van der Waals surface area contributed by atoms with Crippen LogP contribution in [0.3, 0.4) is 0 Å². The molecule has 7 nitrogen and oxygen atoms in total. The monoisotopic (exact) mass is 564 g/mol. The maximum absolute atomic E-state index is 11.9. The molecule has 0 aliphatic carbocycles. The molecule has 1 rings (SSSR count). The second-order valence-electron chi connectivity index (χ2n) is 10.9. The zero-order valence-corrected chi connectivity index (χ0v) is 25.1. The lowest BCUT2D eigenvalue weighted by Gasteiger charge is -2.31. The molecular weight excluding hydrogens is 508 g/mol. The average Bonchev–Trinajstić information content (AvgIpc) is 2.96. The van der Waals surface area contributed by atoms with Gasteiger partial charge in [0.05, 0.1) is 13.2 Å². The molecule has 0 heterocycles. The summed E-state index contributed by atoms with van der Waals surface area (Å²) in [5.41, 5.74) is 0.857. The summed E-state index contributed by atoms with van der Waals surface area (Å²) in [6, 6.07) is 9.35. The molecule has 0 saturated heterocycles. The molecule has 0 radical (unpaired) electrons. The number of benzene rings is 1. The quantitative estimate of drug-likeness (QED) is 0.0696. The molecule has 0 spiro atoms. The van der Waals surface area contributed by atoms with Gasteiger partial charge in [-0.05, 0) is 12.0 Å². The van der Waals surface area contributed by atoms with Crippen LogP contribution < -0.4 is 0 Å². The normalized spacial score (nSPS) is 14.4. The molecule has 2 N–H and O–H groups in total. The molecule has 230 valence electrons. The number of esters is 1. The van der Waals surface area contributed by atoms with Gasteiger partial charge in [0.15, 0.2) is 12.4 Å². The highest BCUT2D eigenvalue weighted by Gasteiger charge is 2.36. The lowest BCUT2D eigenvalue weighted by Crippen LogP contribution is -2.50. The first-order valence-corrected chi connectivity index (χ1v) is 15.7. The summed E-state index contributed by atoms with van der Waals surface area (Å²) >= 11 is 0. The third-order valence-corrected chi connectivity index (χ3v) is 7.27. The van der Waals surface area contributed by atoms with Crippen molar-refractivity contribution in [2.24, 2.45) is 0 Å². The Balaban J connectivity index is 2.29. The molecule has 0 aliphatic rings. The van der Waals surface area contributed by atoms with Crippen LogP contribution in [-0.2, 0) is 30.4 Å². The van der Waals surface area contributed by atoms with Crippen molar-refractivity contribution in [3.05, 3.63) is 35.9 Å². The molecule has 0 amide bonds. The molecule has 4 unspecified atom stereocenters. The molecule has 0 bridgehead atoms. The molecule has 0 aliphatic heterocycles. The van der Waals surface area contributed by atoms with Crippen molar-refractivity contribution >= 4 is 12.3 Å². The van der Waals surface area contributed by atoms with Gasteiger partial charge in [-0.15, -0.1) is 0 Å². The van der Waals surface area contributed by atoms with Gasteiger partial charge in [0.1, 0.15) is 18.3 Å². The van der Waals surface area contributed by atoms with Crippen LogP contribution in [-0.4, -0.2) is 60.1 Å². The standard InChI is InChI=1S/C33H56O7/c1-3-4-5-6-7-8-9-10-11-12-13-14-15-16-17-21-24-38-31(26-35)33(32(37)30(25-34)40-28(2)36)39-27-29-22-19-18-20-23-29/h18-20,22-23,26,30-34,37H,3-17,21,24-25,27H2,1-2H3. The van der Waals surface area contributed by atoms with Gasteiger partial charge in [-0.2, -0.15) is 0 Å². The Morgan fingerprint density at radius 1 is 0.800 bits per heavy atom. The molecule has 40 heavy (non-hydrogen) atoms. The third kappa shape index (κ3) is 17.8. The second kappa shape index (κ2) is 25.0. The molecule has 0 aromatic heterocycles. The van der Waals surface area contributed by atoms with Crippen molar-refractivity contribution in [2.75, 3.05) is 13.2 Å². The van der Waals surface area contributed by atoms with Crippen LogP contribution in [0.25, 0.3) is 0 Å². The Morgan fingerprint density at radius 2 is 1.30 bits per heavy atom. The van der Waals surface area contributed by atoms with Crippen LogP contribution in [0.1, 0.15) is 122 Å². The van der Waals surface area contributed by atoms with Gasteiger partial charge >= 0.3 is 5.97 Å². The van der Waals surface area contributed by atoms with Gasteiger partial charge in [-0.3, -0.25) is 4.79 Å². The van der Waals surface area contributed by atoms with Gasteiger partial charge in [0, 0.05) is 13.5 Å². The first-order chi connectivity index (χ1) is 19.5. The van der Waals surface area contributed by atoms with Crippen LogP contribution in [0.2, 0.25) is 0 Å². The predicted molar refractivity (Wildman–Crippen MR) is 159 cm³/mol. The van der Waals surface area contributed by atoms with Crippen LogP contribution in [0, 0.1) is 0 Å². The fourth-order valence-electron chi connectivity index (χ4n) is 4.88. The lowest BCUT2D eigenvalue weighted by atomic mass is 10.0. The number of aliphatic hydroxyl groups excluding tert-OH is 2. The Bertz CT molecular complexity index is 727. The van der Waals surface area contributed by atoms with E-state index in [4.69, 9.17) is 14.2 Å². The van der Waals surface area contributed by atoms with E-state index >= 15 is 0 Å². The number of hydrogen-bond donors (Lipinski definition) is 2. The minimum absolute atomic E-state index is 0.132. The third-order valence-electron chi connectivity index (χ3n) is 7.27. The summed E-state index contributed by atoms with van der Waals surface area (Å²) in [5, 5.41) is 20.5. The molecule has 0 fully saturated rings. The molecule has 4 atom stereocenters. The van der Waals surface area contributed by atoms with Crippen molar-refractivity contribution in [1.29, 1.82) is 0 Å². The Hall–Kier alpha value is -1.80. The summed E-state index contributed by atoms with van der Waals surface area (Å²) in [6.07, 6.45) is 16.2. The molecule has 1 aromatic rings. The largest absolute Gasteiger partial charge is 0.457 e. The van der Waals surface area contributed by atoms with Crippen LogP contribution in [0.4, 0.5) is 0 Å². The average molecular weight is 565 g/mol. The SMILES string of the molecule is CCCCCCCCCCCCCCCCCCOC(C=O)C(OCc1ccccc1)C(O)C(CO)OC(C)=O. The van der Waals surface area contributed by atoms with E-state index in [1.807, 2.05) is 30.3 Å². The van der Waals surface area contributed by atoms with Crippen LogP contribution in [0.15, 0.2) is 30.3 Å². The number of carbonyl (C=O) groups excluding carboxylic acids is 2. The van der Waals surface area contributed by atoms with Gasteiger partial charge in [0.25, 0.3) is 0 Å². The fraction of sp³-hybridized carbons (Fsp3) is 0.758. The van der Waals surface area contributed by atoms with Crippen molar-refractivity contribution in [1.82, 2.24) is 0 Å². The van der Waals surface area contributed by atoms with Crippen molar-refractivity contribution in [2.45, 2.75) is 148 Å². The maximum Gasteiger partial charge on any atom is 0.303 e. The van der Waals surface area contributed by atoms with Gasteiger partial charge < -0.3 is 29.2 Å². The zero-order chi connectivity index (χ0) is 29.3. The number of aliphatic hydroxyl groups is 2. The number of rotatable bonds is 27. The van der Waals surface area contributed by atoms with E-state index in [2.05, 4.69) is 6.92 Å². The molecule has 0 saturated carbocycles. The van der Waals surface area contributed by atoms with Crippen molar-refractivity contribution in [3.63, 3.8) is 0 Å². The minimum Gasteiger partial charge on any atom is -0.457 e. The van der Waals surface area contributed by atoms with Crippen molar-refractivity contribution < 1.29 is 34.0 Å². The summed E-state index contributed by atoms with van der Waals surface area (Å²) in [6.45, 7) is 3.35.